The number of carbonyl (C=O) groups is 1. The normalized spacial score (nSPS) is 12.6. The van der Waals surface area contributed by atoms with Crippen LogP contribution in [0.2, 0.25) is 0 Å². The van der Waals surface area contributed by atoms with E-state index in [1.165, 1.54) is 0 Å². The standard InChI is InChI=1S/C18H20BrNO3S/c1-13-3-9-17(10-4-13)24(22,23)12-11-18(21)20-14(2)15-5-7-16(19)8-6-15/h3-10,14H,11-12H2,1-2H3,(H,20,21). The molecule has 0 bridgehead atoms. The number of hydrogen-bond donors (Lipinski definition) is 1. The van der Waals surface area contributed by atoms with Gasteiger partial charge in [0.15, 0.2) is 9.84 Å². The molecule has 0 saturated carbocycles. The van der Waals surface area contributed by atoms with Gasteiger partial charge < -0.3 is 5.32 Å². The van der Waals surface area contributed by atoms with Crippen molar-refractivity contribution in [2.75, 3.05) is 5.75 Å². The van der Waals surface area contributed by atoms with E-state index in [0.29, 0.717) is 0 Å². The molecule has 0 aliphatic rings. The van der Waals surface area contributed by atoms with Crippen LogP contribution in [0.25, 0.3) is 0 Å². The van der Waals surface area contributed by atoms with Crippen molar-refractivity contribution in [1.82, 2.24) is 5.32 Å². The molecule has 2 aromatic rings. The second-order valence-corrected chi connectivity index (χ2v) is 8.75. The third kappa shape index (κ3) is 5.18. The lowest BCUT2D eigenvalue weighted by Crippen LogP contribution is -2.28. The van der Waals surface area contributed by atoms with Gasteiger partial charge in [0, 0.05) is 10.9 Å². The Labute approximate surface area is 151 Å². The van der Waals surface area contributed by atoms with Crippen LogP contribution < -0.4 is 5.32 Å². The Balaban J connectivity index is 1.92. The van der Waals surface area contributed by atoms with Crippen LogP contribution in [0.4, 0.5) is 0 Å². The van der Waals surface area contributed by atoms with Gasteiger partial charge in [0.2, 0.25) is 5.91 Å². The molecule has 0 aliphatic heterocycles. The first-order valence-electron chi connectivity index (χ1n) is 7.62. The monoisotopic (exact) mass is 409 g/mol. The van der Waals surface area contributed by atoms with Crippen LogP contribution >= 0.6 is 15.9 Å². The van der Waals surface area contributed by atoms with Gasteiger partial charge >= 0.3 is 0 Å². The largest absolute Gasteiger partial charge is 0.350 e. The van der Waals surface area contributed by atoms with Crippen molar-refractivity contribution < 1.29 is 13.2 Å². The summed E-state index contributed by atoms with van der Waals surface area (Å²) in [7, 11) is -3.45. The molecule has 0 heterocycles. The van der Waals surface area contributed by atoms with Crippen LogP contribution in [-0.4, -0.2) is 20.1 Å². The molecular formula is C18H20BrNO3S. The molecule has 1 amide bonds. The zero-order chi connectivity index (χ0) is 17.7. The van der Waals surface area contributed by atoms with Gasteiger partial charge in [0.1, 0.15) is 0 Å². The molecule has 1 N–H and O–H groups in total. The maximum absolute atomic E-state index is 12.3. The number of benzene rings is 2. The first-order chi connectivity index (χ1) is 11.3. The number of halogens is 1. The van der Waals surface area contributed by atoms with E-state index in [4.69, 9.17) is 0 Å². The summed E-state index contributed by atoms with van der Waals surface area (Å²) in [4.78, 5) is 12.3. The van der Waals surface area contributed by atoms with Gasteiger partial charge in [-0.15, -0.1) is 0 Å². The molecule has 1 atom stereocenters. The zero-order valence-corrected chi connectivity index (χ0v) is 16.0. The molecule has 4 nitrogen and oxygen atoms in total. The Morgan fingerprint density at radius 2 is 1.67 bits per heavy atom. The summed E-state index contributed by atoms with van der Waals surface area (Å²) >= 11 is 3.36. The number of hydrogen-bond acceptors (Lipinski definition) is 3. The van der Waals surface area contributed by atoms with Crippen LogP contribution in [0.1, 0.15) is 30.5 Å². The quantitative estimate of drug-likeness (QED) is 0.788. The van der Waals surface area contributed by atoms with Gasteiger partial charge in [-0.05, 0) is 43.7 Å². The predicted molar refractivity (Wildman–Crippen MR) is 98.5 cm³/mol. The number of nitrogens with one attached hydrogen (secondary N) is 1. The molecule has 0 radical (unpaired) electrons. The second-order valence-electron chi connectivity index (χ2n) is 5.72. The van der Waals surface area contributed by atoms with Crippen molar-refractivity contribution >= 4 is 31.7 Å². The van der Waals surface area contributed by atoms with Gasteiger partial charge in [0.25, 0.3) is 0 Å². The average molecular weight is 410 g/mol. The molecular weight excluding hydrogens is 390 g/mol. The maximum atomic E-state index is 12.3. The fourth-order valence-electron chi connectivity index (χ4n) is 2.24. The minimum atomic E-state index is -3.45. The Morgan fingerprint density at radius 3 is 2.25 bits per heavy atom. The molecule has 0 aromatic heterocycles. The summed E-state index contributed by atoms with van der Waals surface area (Å²) in [5.41, 5.74) is 1.96. The summed E-state index contributed by atoms with van der Waals surface area (Å²) in [6.07, 6.45) is -0.0585. The molecule has 1 unspecified atom stereocenters. The molecule has 24 heavy (non-hydrogen) atoms. The lowest BCUT2D eigenvalue weighted by atomic mass is 10.1. The van der Waals surface area contributed by atoms with E-state index in [1.807, 2.05) is 38.1 Å². The van der Waals surface area contributed by atoms with E-state index < -0.39 is 9.84 Å². The van der Waals surface area contributed by atoms with E-state index in [2.05, 4.69) is 21.2 Å². The van der Waals surface area contributed by atoms with Crippen LogP contribution in [0.3, 0.4) is 0 Å². The summed E-state index contributed by atoms with van der Waals surface area (Å²) in [6.45, 7) is 3.77. The van der Waals surface area contributed by atoms with Crippen molar-refractivity contribution in [1.29, 1.82) is 0 Å². The van der Waals surface area contributed by atoms with Crippen molar-refractivity contribution in [3.8, 4) is 0 Å². The zero-order valence-electron chi connectivity index (χ0n) is 13.6. The predicted octanol–water partition coefficient (Wildman–Crippen LogP) is 3.80. The summed E-state index contributed by atoms with van der Waals surface area (Å²) < 4.78 is 25.5. The SMILES string of the molecule is Cc1ccc(S(=O)(=O)CCC(=O)NC(C)c2ccc(Br)cc2)cc1. The number of amides is 1. The fourth-order valence-corrected chi connectivity index (χ4v) is 3.74. The van der Waals surface area contributed by atoms with E-state index in [0.717, 1.165) is 15.6 Å². The van der Waals surface area contributed by atoms with Gasteiger partial charge in [-0.2, -0.15) is 0 Å². The highest BCUT2D eigenvalue weighted by molar-refractivity contribution is 9.10. The molecule has 128 valence electrons. The number of carbonyl (C=O) groups excluding carboxylic acids is 1. The average Bonchev–Trinajstić information content (AvgIpc) is 2.54. The topological polar surface area (TPSA) is 63.2 Å². The first kappa shape index (κ1) is 18.7. The fraction of sp³-hybridized carbons (Fsp3) is 0.278. The molecule has 0 aliphatic carbocycles. The van der Waals surface area contributed by atoms with E-state index >= 15 is 0 Å². The van der Waals surface area contributed by atoms with Crippen molar-refractivity contribution in [3.05, 3.63) is 64.1 Å². The third-order valence-electron chi connectivity index (χ3n) is 3.73. The molecule has 0 fully saturated rings. The van der Waals surface area contributed by atoms with Crippen LogP contribution in [0, 0.1) is 6.92 Å². The minimum Gasteiger partial charge on any atom is -0.350 e. The van der Waals surface area contributed by atoms with Gasteiger partial charge in [-0.3, -0.25) is 4.79 Å². The lowest BCUT2D eigenvalue weighted by molar-refractivity contribution is -0.121. The highest BCUT2D eigenvalue weighted by Crippen LogP contribution is 2.17. The van der Waals surface area contributed by atoms with E-state index in [1.54, 1.807) is 24.3 Å². The Bertz CT molecular complexity index is 799. The van der Waals surface area contributed by atoms with Crippen LogP contribution in [0.5, 0.6) is 0 Å². The molecule has 6 heteroatoms. The van der Waals surface area contributed by atoms with E-state index in [9.17, 15) is 13.2 Å². The Morgan fingerprint density at radius 1 is 1.08 bits per heavy atom. The summed E-state index contributed by atoms with van der Waals surface area (Å²) in [6, 6.07) is 14.1. The van der Waals surface area contributed by atoms with Gasteiger partial charge in [-0.25, -0.2) is 8.42 Å². The molecule has 2 aromatic carbocycles. The highest BCUT2D eigenvalue weighted by Gasteiger charge is 2.17. The number of rotatable bonds is 6. The van der Waals surface area contributed by atoms with Crippen molar-refractivity contribution in [2.45, 2.75) is 31.2 Å². The maximum Gasteiger partial charge on any atom is 0.221 e. The Hall–Kier alpha value is -1.66. The summed E-state index contributed by atoms with van der Waals surface area (Å²) in [5, 5.41) is 2.83. The third-order valence-corrected chi connectivity index (χ3v) is 5.99. The van der Waals surface area contributed by atoms with Crippen LogP contribution in [0.15, 0.2) is 57.9 Å². The number of aryl methyl sites for hydroxylation is 1. The van der Waals surface area contributed by atoms with Gasteiger partial charge in [-0.1, -0.05) is 45.8 Å². The van der Waals surface area contributed by atoms with Crippen molar-refractivity contribution in [3.63, 3.8) is 0 Å². The highest BCUT2D eigenvalue weighted by atomic mass is 79.9. The van der Waals surface area contributed by atoms with Crippen molar-refractivity contribution in [2.24, 2.45) is 0 Å². The molecule has 0 spiro atoms. The molecule has 2 rings (SSSR count). The smallest absolute Gasteiger partial charge is 0.221 e. The number of sulfone groups is 1. The van der Waals surface area contributed by atoms with Crippen LogP contribution in [-0.2, 0) is 14.6 Å². The van der Waals surface area contributed by atoms with Gasteiger partial charge in [0.05, 0.1) is 16.7 Å². The van der Waals surface area contributed by atoms with E-state index in [-0.39, 0.29) is 29.0 Å². The summed E-state index contributed by atoms with van der Waals surface area (Å²) in [5.74, 6) is -0.476. The second kappa shape index (κ2) is 7.94. The Kier molecular flexibility index (Phi) is 6.18. The lowest BCUT2D eigenvalue weighted by Gasteiger charge is -2.14. The molecule has 0 saturated heterocycles. The first-order valence-corrected chi connectivity index (χ1v) is 10.1. The minimum absolute atomic E-state index is 0.0585.